The van der Waals surface area contributed by atoms with E-state index in [-0.39, 0.29) is 10.9 Å². The Morgan fingerprint density at radius 3 is 2.50 bits per heavy atom. The van der Waals surface area contributed by atoms with Crippen molar-refractivity contribution in [3.8, 4) is 11.5 Å². The molecule has 0 heterocycles. The molecule has 0 bridgehead atoms. The smallest absolute Gasteiger partial charge is 0.170 e. The van der Waals surface area contributed by atoms with E-state index in [4.69, 9.17) is 27.3 Å². The Kier molecular flexibility index (Phi) is 4.10. The van der Waals surface area contributed by atoms with Crippen LogP contribution in [-0.2, 0) is 0 Å². The summed E-state index contributed by atoms with van der Waals surface area (Å²) in [6, 6.07) is 9.17. The van der Waals surface area contributed by atoms with Crippen LogP contribution in [0, 0.1) is 12.7 Å². The van der Waals surface area contributed by atoms with Gasteiger partial charge in [0, 0.05) is 11.6 Å². The molecule has 0 fully saturated rings. The second-order valence-corrected chi connectivity index (χ2v) is 4.55. The van der Waals surface area contributed by atoms with Crippen LogP contribution in [0.15, 0.2) is 41.6 Å². The van der Waals surface area contributed by atoms with Crippen LogP contribution in [0.3, 0.4) is 0 Å². The highest BCUT2D eigenvalue weighted by Crippen LogP contribution is 2.27. The summed E-state index contributed by atoms with van der Waals surface area (Å²) in [5.74, 6) is 0.489. The van der Waals surface area contributed by atoms with Gasteiger partial charge in [-0.1, -0.05) is 16.8 Å². The molecule has 0 saturated carbocycles. The zero-order valence-electron chi connectivity index (χ0n) is 10.6. The highest BCUT2D eigenvalue weighted by Gasteiger charge is 2.07. The largest absolute Gasteiger partial charge is 0.457 e. The molecule has 4 nitrogen and oxygen atoms in total. The van der Waals surface area contributed by atoms with Crippen LogP contribution in [0.2, 0.25) is 5.02 Å². The average Bonchev–Trinajstić information content (AvgIpc) is 2.42. The number of halogens is 2. The first-order valence-electron chi connectivity index (χ1n) is 5.72. The monoisotopic (exact) mass is 294 g/mol. The Labute approximate surface area is 120 Å². The molecule has 104 valence electrons. The lowest BCUT2D eigenvalue weighted by Crippen LogP contribution is -2.14. The third kappa shape index (κ3) is 3.00. The maximum Gasteiger partial charge on any atom is 0.170 e. The number of aryl methyl sites for hydroxylation is 1. The summed E-state index contributed by atoms with van der Waals surface area (Å²) in [6.07, 6.45) is 0. The van der Waals surface area contributed by atoms with Crippen LogP contribution in [0.1, 0.15) is 11.1 Å². The molecule has 0 atom stereocenters. The molecule has 0 aromatic heterocycles. The second kappa shape index (κ2) is 5.79. The predicted molar refractivity (Wildman–Crippen MR) is 75.2 cm³/mol. The number of nitrogens with two attached hydrogens (primary N) is 1. The summed E-state index contributed by atoms with van der Waals surface area (Å²) in [5, 5.41) is 11.6. The molecule has 0 saturated heterocycles. The van der Waals surface area contributed by atoms with E-state index < -0.39 is 5.82 Å². The van der Waals surface area contributed by atoms with Gasteiger partial charge in [0.1, 0.15) is 17.3 Å². The van der Waals surface area contributed by atoms with Crippen LogP contribution < -0.4 is 10.5 Å². The fraction of sp³-hybridized carbons (Fsp3) is 0.0714. The van der Waals surface area contributed by atoms with Gasteiger partial charge in [-0.2, -0.15) is 0 Å². The summed E-state index contributed by atoms with van der Waals surface area (Å²) >= 11 is 5.68. The maximum atomic E-state index is 13.0. The summed E-state index contributed by atoms with van der Waals surface area (Å²) < 4.78 is 18.6. The minimum atomic E-state index is -0.502. The molecule has 0 aliphatic heterocycles. The van der Waals surface area contributed by atoms with Crippen LogP contribution in [-0.4, -0.2) is 11.0 Å². The van der Waals surface area contributed by atoms with Gasteiger partial charge in [-0.15, -0.1) is 0 Å². The Balaban J connectivity index is 2.26. The van der Waals surface area contributed by atoms with Crippen molar-refractivity contribution in [1.82, 2.24) is 0 Å². The minimum Gasteiger partial charge on any atom is -0.457 e. The van der Waals surface area contributed by atoms with Crippen molar-refractivity contribution >= 4 is 17.4 Å². The van der Waals surface area contributed by atoms with Gasteiger partial charge < -0.3 is 15.7 Å². The SMILES string of the molecule is Cc1cc(Oc2ccc(F)c(Cl)c2)ccc1/C(N)=N/O. The average molecular weight is 295 g/mol. The molecule has 0 spiro atoms. The lowest BCUT2D eigenvalue weighted by atomic mass is 10.1. The fourth-order valence-electron chi connectivity index (χ4n) is 1.72. The lowest BCUT2D eigenvalue weighted by molar-refractivity contribution is 0.318. The summed E-state index contributed by atoms with van der Waals surface area (Å²) in [5.41, 5.74) is 6.93. The maximum absolute atomic E-state index is 13.0. The standard InChI is InChI=1S/C14H12ClFN2O2/c1-8-6-9(2-4-11(8)14(17)18-19)20-10-3-5-13(16)12(15)7-10/h2-7,19H,1H3,(H2,17,18). The van der Waals surface area contributed by atoms with Crippen molar-refractivity contribution in [2.45, 2.75) is 6.92 Å². The minimum absolute atomic E-state index is 0.00694. The molecule has 20 heavy (non-hydrogen) atoms. The Bertz CT molecular complexity index is 674. The van der Waals surface area contributed by atoms with E-state index in [0.717, 1.165) is 5.56 Å². The normalized spacial score (nSPS) is 11.4. The zero-order valence-corrected chi connectivity index (χ0v) is 11.4. The van der Waals surface area contributed by atoms with Crippen molar-refractivity contribution in [1.29, 1.82) is 0 Å². The molecular weight excluding hydrogens is 283 g/mol. The van der Waals surface area contributed by atoms with Gasteiger partial charge in [0.25, 0.3) is 0 Å². The van der Waals surface area contributed by atoms with Gasteiger partial charge in [0.15, 0.2) is 5.84 Å². The Hall–Kier alpha value is -2.27. The molecule has 0 aliphatic rings. The number of benzene rings is 2. The third-order valence-electron chi connectivity index (χ3n) is 2.71. The molecule has 0 amide bonds. The second-order valence-electron chi connectivity index (χ2n) is 4.14. The molecule has 2 aromatic carbocycles. The van der Waals surface area contributed by atoms with E-state index in [2.05, 4.69) is 5.16 Å². The fourth-order valence-corrected chi connectivity index (χ4v) is 1.89. The van der Waals surface area contributed by atoms with Gasteiger partial charge in [-0.05, 0) is 42.8 Å². The summed E-state index contributed by atoms with van der Waals surface area (Å²) in [7, 11) is 0. The first-order valence-corrected chi connectivity index (χ1v) is 6.10. The van der Waals surface area contributed by atoms with E-state index >= 15 is 0 Å². The van der Waals surface area contributed by atoms with E-state index in [1.807, 2.05) is 0 Å². The van der Waals surface area contributed by atoms with Crippen molar-refractivity contribution < 1.29 is 14.3 Å². The molecule has 2 aromatic rings. The van der Waals surface area contributed by atoms with Crippen molar-refractivity contribution in [3.05, 3.63) is 58.4 Å². The summed E-state index contributed by atoms with van der Waals surface area (Å²) in [6.45, 7) is 1.80. The van der Waals surface area contributed by atoms with Crippen LogP contribution in [0.4, 0.5) is 4.39 Å². The van der Waals surface area contributed by atoms with Crippen molar-refractivity contribution in [2.75, 3.05) is 0 Å². The predicted octanol–water partition coefficient (Wildman–Crippen LogP) is 3.67. The third-order valence-corrected chi connectivity index (χ3v) is 3.00. The van der Waals surface area contributed by atoms with E-state index in [1.165, 1.54) is 18.2 Å². The molecule has 3 N–H and O–H groups in total. The number of hydrogen-bond donors (Lipinski definition) is 2. The number of nitrogens with zero attached hydrogens (tertiary/aromatic N) is 1. The molecule has 6 heteroatoms. The number of oxime groups is 1. The van der Waals surface area contributed by atoms with Gasteiger partial charge in [0.05, 0.1) is 5.02 Å². The number of amidine groups is 1. The van der Waals surface area contributed by atoms with Crippen LogP contribution in [0.5, 0.6) is 11.5 Å². The van der Waals surface area contributed by atoms with Crippen molar-refractivity contribution in [3.63, 3.8) is 0 Å². The van der Waals surface area contributed by atoms with E-state index in [9.17, 15) is 4.39 Å². The number of rotatable bonds is 3. The number of ether oxygens (including phenoxy) is 1. The van der Waals surface area contributed by atoms with Crippen molar-refractivity contribution in [2.24, 2.45) is 10.9 Å². The van der Waals surface area contributed by atoms with Gasteiger partial charge >= 0.3 is 0 Å². The van der Waals surface area contributed by atoms with E-state index in [1.54, 1.807) is 25.1 Å². The quantitative estimate of drug-likeness (QED) is 0.393. The molecule has 2 rings (SSSR count). The molecule has 0 radical (unpaired) electrons. The summed E-state index contributed by atoms with van der Waals surface area (Å²) in [4.78, 5) is 0. The Morgan fingerprint density at radius 2 is 1.90 bits per heavy atom. The Morgan fingerprint density at radius 1 is 1.25 bits per heavy atom. The molecule has 0 unspecified atom stereocenters. The first-order chi connectivity index (χ1) is 9.51. The van der Waals surface area contributed by atoms with Gasteiger partial charge in [-0.3, -0.25) is 0 Å². The topological polar surface area (TPSA) is 67.8 Å². The van der Waals surface area contributed by atoms with Crippen LogP contribution in [0.25, 0.3) is 0 Å². The molecular formula is C14H12ClFN2O2. The number of hydrogen-bond acceptors (Lipinski definition) is 3. The van der Waals surface area contributed by atoms with Crippen LogP contribution >= 0.6 is 11.6 Å². The highest BCUT2D eigenvalue weighted by atomic mass is 35.5. The first kappa shape index (κ1) is 14.1. The lowest BCUT2D eigenvalue weighted by Gasteiger charge is -2.09. The van der Waals surface area contributed by atoms with E-state index in [0.29, 0.717) is 17.1 Å². The van der Waals surface area contributed by atoms with Gasteiger partial charge in [0.2, 0.25) is 0 Å². The highest BCUT2D eigenvalue weighted by molar-refractivity contribution is 6.30. The zero-order chi connectivity index (χ0) is 14.7. The van der Waals surface area contributed by atoms with Gasteiger partial charge in [-0.25, -0.2) is 4.39 Å². The molecule has 0 aliphatic carbocycles.